The van der Waals surface area contributed by atoms with Gasteiger partial charge in [0.25, 0.3) is 5.60 Å². The van der Waals surface area contributed by atoms with E-state index in [1.165, 1.54) is 18.2 Å². The molecule has 0 atom stereocenters. The largest absolute Gasteiger partial charge is 0.430 e. The van der Waals surface area contributed by atoms with E-state index >= 15 is 0 Å². The summed E-state index contributed by atoms with van der Waals surface area (Å²) in [4.78, 5) is 10.9. The number of hydrogen-bond acceptors (Lipinski definition) is 3. The highest BCUT2D eigenvalue weighted by molar-refractivity contribution is 5.80. The van der Waals surface area contributed by atoms with E-state index in [1.54, 1.807) is 13.0 Å². The molecule has 148 valence electrons. The van der Waals surface area contributed by atoms with Crippen LogP contribution in [0.15, 0.2) is 36.4 Å². The van der Waals surface area contributed by atoms with Crippen molar-refractivity contribution in [2.45, 2.75) is 31.3 Å². The van der Waals surface area contributed by atoms with Gasteiger partial charge in [-0.05, 0) is 35.2 Å². The molecular weight excluding hydrogens is 388 g/mol. The van der Waals surface area contributed by atoms with Crippen molar-refractivity contribution in [1.29, 1.82) is 5.26 Å². The van der Waals surface area contributed by atoms with Crippen LogP contribution in [0, 0.1) is 11.3 Å². The number of rotatable bonds is 4. The fraction of sp³-hybridized carbons (Fsp3) is 0.263. The zero-order chi connectivity index (χ0) is 21.3. The lowest BCUT2D eigenvalue weighted by Gasteiger charge is -2.33. The zero-order valence-corrected chi connectivity index (χ0v) is 14.3. The first-order valence-corrected chi connectivity index (χ1v) is 7.89. The van der Waals surface area contributed by atoms with Gasteiger partial charge < -0.3 is 5.11 Å². The molecule has 2 rings (SSSR count). The van der Waals surface area contributed by atoms with Crippen LogP contribution in [-0.2, 0) is 12.0 Å². The van der Waals surface area contributed by atoms with Gasteiger partial charge in [-0.15, -0.1) is 0 Å². The van der Waals surface area contributed by atoms with Gasteiger partial charge in [-0.25, -0.2) is 0 Å². The number of aliphatic hydroxyl groups is 1. The molecule has 0 saturated heterocycles. The third-order valence-electron chi connectivity index (χ3n) is 4.31. The quantitative estimate of drug-likeness (QED) is 0.585. The van der Waals surface area contributed by atoms with E-state index in [-0.39, 0.29) is 5.56 Å². The summed E-state index contributed by atoms with van der Waals surface area (Å²) >= 11 is 0. The second-order valence-electron chi connectivity index (χ2n) is 5.97. The van der Waals surface area contributed by atoms with Gasteiger partial charge in [-0.1, -0.05) is 31.2 Å². The smallest absolute Gasteiger partial charge is 0.369 e. The average molecular weight is 401 g/mol. The summed E-state index contributed by atoms with van der Waals surface area (Å²) in [6.07, 6.45) is -11.1. The van der Waals surface area contributed by atoms with Gasteiger partial charge >= 0.3 is 12.4 Å². The van der Waals surface area contributed by atoms with Crippen molar-refractivity contribution in [3.63, 3.8) is 0 Å². The van der Waals surface area contributed by atoms with Crippen LogP contribution in [0.1, 0.15) is 34.0 Å². The highest BCUT2D eigenvalue weighted by Gasteiger charge is 2.71. The highest BCUT2D eigenvalue weighted by Crippen LogP contribution is 2.50. The Bertz CT molecular complexity index is 927. The summed E-state index contributed by atoms with van der Waals surface area (Å²) in [5, 5.41) is 18.8. The van der Waals surface area contributed by atoms with Gasteiger partial charge in [0.15, 0.2) is 0 Å². The summed E-state index contributed by atoms with van der Waals surface area (Å²) < 4.78 is 78.4. The SMILES string of the molecule is CCc1cc(C=O)ccc1-c1ccc(C(O)(C(F)(F)F)C(F)(F)F)cc1C#N. The molecule has 3 nitrogen and oxygen atoms in total. The van der Waals surface area contributed by atoms with Gasteiger partial charge in [0.1, 0.15) is 6.29 Å². The first-order chi connectivity index (χ1) is 12.9. The van der Waals surface area contributed by atoms with Gasteiger partial charge in [0, 0.05) is 11.1 Å². The molecule has 0 amide bonds. The van der Waals surface area contributed by atoms with Gasteiger partial charge in [0.2, 0.25) is 0 Å². The molecule has 0 radical (unpaired) electrons. The number of aryl methyl sites for hydroxylation is 1. The van der Waals surface area contributed by atoms with Crippen LogP contribution in [0.2, 0.25) is 0 Å². The topological polar surface area (TPSA) is 61.1 Å². The molecule has 1 N–H and O–H groups in total. The number of hydrogen-bond donors (Lipinski definition) is 1. The van der Waals surface area contributed by atoms with E-state index in [0.29, 0.717) is 41.5 Å². The second kappa shape index (κ2) is 7.28. The predicted molar refractivity (Wildman–Crippen MR) is 87.4 cm³/mol. The van der Waals surface area contributed by atoms with E-state index in [9.17, 15) is 41.5 Å². The normalized spacial score (nSPS) is 12.5. The number of carbonyl (C=O) groups excluding carboxylic acids is 1. The van der Waals surface area contributed by atoms with Crippen molar-refractivity contribution in [1.82, 2.24) is 0 Å². The minimum absolute atomic E-state index is 0.0900. The molecule has 0 aliphatic rings. The van der Waals surface area contributed by atoms with Crippen molar-refractivity contribution in [2.24, 2.45) is 0 Å². The first kappa shape index (κ1) is 21.4. The molecule has 0 aromatic heterocycles. The first-order valence-electron chi connectivity index (χ1n) is 7.89. The van der Waals surface area contributed by atoms with E-state index in [4.69, 9.17) is 0 Å². The number of carbonyl (C=O) groups is 1. The number of benzene rings is 2. The lowest BCUT2D eigenvalue weighted by Crippen LogP contribution is -2.53. The summed E-state index contributed by atoms with van der Waals surface area (Å²) in [6.45, 7) is 1.74. The fourth-order valence-electron chi connectivity index (χ4n) is 2.83. The lowest BCUT2D eigenvalue weighted by molar-refractivity contribution is -0.376. The van der Waals surface area contributed by atoms with Gasteiger partial charge in [-0.3, -0.25) is 4.79 Å². The minimum atomic E-state index is -6.04. The highest BCUT2D eigenvalue weighted by atomic mass is 19.4. The van der Waals surface area contributed by atoms with E-state index in [1.807, 2.05) is 0 Å². The summed E-state index contributed by atoms with van der Waals surface area (Å²) in [5.74, 6) is 0. The number of alkyl halides is 6. The average Bonchev–Trinajstić information content (AvgIpc) is 2.64. The molecule has 0 saturated carbocycles. The molecule has 0 bridgehead atoms. The molecule has 9 heteroatoms. The Balaban J connectivity index is 2.73. The van der Waals surface area contributed by atoms with Crippen LogP contribution >= 0.6 is 0 Å². The molecule has 0 spiro atoms. The van der Waals surface area contributed by atoms with Crippen LogP contribution in [0.4, 0.5) is 26.3 Å². The van der Waals surface area contributed by atoms with Crippen LogP contribution in [0.5, 0.6) is 0 Å². The third-order valence-corrected chi connectivity index (χ3v) is 4.31. The standard InChI is InChI=1S/C19H13F6NO2/c1-2-12-7-11(10-27)3-5-15(12)16-6-4-14(8-13(16)9-26)17(28,18(20,21)22)19(23,24)25/h3-8,10,28H,2H2,1H3. The Morgan fingerprint density at radius 1 is 1.00 bits per heavy atom. The molecule has 28 heavy (non-hydrogen) atoms. The Labute approximate surface area is 155 Å². The summed E-state index contributed by atoms with van der Waals surface area (Å²) in [7, 11) is 0. The molecule has 0 heterocycles. The summed E-state index contributed by atoms with van der Waals surface area (Å²) in [5.41, 5.74) is -5.70. The maximum absolute atomic E-state index is 13.1. The van der Waals surface area contributed by atoms with Crippen LogP contribution < -0.4 is 0 Å². The van der Waals surface area contributed by atoms with Crippen LogP contribution in [-0.4, -0.2) is 23.7 Å². The predicted octanol–water partition coefficient (Wildman–Crippen LogP) is 4.91. The number of nitriles is 1. The Kier molecular flexibility index (Phi) is 5.57. The zero-order valence-electron chi connectivity index (χ0n) is 14.3. The van der Waals surface area contributed by atoms with Crippen molar-refractivity contribution >= 4 is 6.29 Å². The minimum Gasteiger partial charge on any atom is -0.369 e. The van der Waals surface area contributed by atoms with E-state index in [0.717, 1.165) is 6.07 Å². The van der Waals surface area contributed by atoms with Crippen molar-refractivity contribution in [2.75, 3.05) is 0 Å². The molecule has 0 unspecified atom stereocenters. The second-order valence-corrected chi connectivity index (χ2v) is 5.97. The van der Waals surface area contributed by atoms with E-state index in [2.05, 4.69) is 0 Å². The number of halogens is 6. The van der Waals surface area contributed by atoms with Gasteiger partial charge in [0.05, 0.1) is 11.6 Å². The van der Waals surface area contributed by atoms with Crippen molar-refractivity contribution < 1.29 is 36.2 Å². The maximum atomic E-state index is 13.1. The van der Waals surface area contributed by atoms with Crippen LogP contribution in [0.25, 0.3) is 11.1 Å². The Hall–Kier alpha value is -2.86. The molecule has 2 aromatic rings. The van der Waals surface area contributed by atoms with Crippen LogP contribution in [0.3, 0.4) is 0 Å². The molecule has 0 aliphatic heterocycles. The summed E-state index contributed by atoms with van der Waals surface area (Å²) in [6, 6.07) is 7.75. The number of nitrogens with zero attached hydrogens (tertiary/aromatic N) is 1. The number of aldehydes is 1. The third kappa shape index (κ3) is 3.47. The molecule has 0 fully saturated rings. The Morgan fingerprint density at radius 3 is 2.04 bits per heavy atom. The Morgan fingerprint density at radius 2 is 1.57 bits per heavy atom. The van der Waals surface area contributed by atoms with E-state index < -0.39 is 29.1 Å². The molecule has 0 aliphatic carbocycles. The fourth-order valence-corrected chi connectivity index (χ4v) is 2.83. The molecular formula is C19H13F6NO2. The van der Waals surface area contributed by atoms with Crippen molar-refractivity contribution in [3.8, 4) is 17.2 Å². The maximum Gasteiger partial charge on any atom is 0.430 e. The molecule has 2 aromatic carbocycles. The monoisotopic (exact) mass is 401 g/mol. The van der Waals surface area contributed by atoms with Crippen molar-refractivity contribution in [3.05, 3.63) is 58.7 Å². The lowest BCUT2D eigenvalue weighted by atomic mass is 9.87. The van der Waals surface area contributed by atoms with Gasteiger partial charge in [-0.2, -0.15) is 31.6 Å².